The van der Waals surface area contributed by atoms with Crippen LogP contribution in [0.2, 0.25) is 0 Å². The zero-order valence-corrected chi connectivity index (χ0v) is 10.3. The SMILES string of the molecule is NC(=O)CC#Cc1ccc(Oc2ccccc2)cc1. The third-order valence-corrected chi connectivity index (χ3v) is 2.33. The van der Waals surface area contributed by atoms with E-state index in [4.69, 9.17) is 10.5 Å². The minimum atomic E-state index is -0.420. The van der Waals surface area contributed by atoms with Crippen LogP contribution in [0, 0.1) is 11.8 Å². The molecule has 2 aromatic rings. The Hall–Kier alpha value is -2.73. The van der Waals surface area contributed by atoms with Crippen LogP contribution in [0.25, 0.3) is 0 Å². The smallest absolute Gasteiger partial charge is 0.229 e. The molecule has 0 bridgehead atoms. The van der Waals surface area contributed by atoms with Crippen molar-refractivity contribution in [3.63, 3.8) is 0 Å². The van der Waals surface area contributed by atoms with Gasteiger partial charge >= 0.3 is 0 Å². The Balaban J connectivity index is 2.02. The quantitative estimate of drug-likeness (QED) is 0.853. The number of ether oxygens (including phenoxy) is 1. The summed E-state index contributed by atoms with van der Waals surface area (Å²) in [7, 11) is 0. The fraction of sp³-hybridized carbons (Fsp3) is 0.0625. The van der Waals surface area contributed by atoms with Gasteiger partial charge in [0.25, 0.3) is 0 Å². The van der Waals surface area contributed by atoms with Crippen molar-refractivity contribution in [2.75, 3.05) is 0 Å². The van der Waals surface area contributed by atoms with Gasteiger partial charge in [0.1, 0.15) is 11.5 Å². The van der Waals surface area contributed by atoms with E-state index < -0.39 is 5.91 Å². The van der Waals surface area contributed by atoms with E-state index in [2.05, 4.69) is 11.8 Å². The Bertz CT molecular complexity index is 607. The maximum absolute atomic E-state index is 10.5. The summed E-state index contributed by atoms with van der Waals surface area (Å²) in [5.41, 5.74) is 5.83. The molecule has 2 N–H and O–H groups in total. The number of carbonyl (C=O) groups excluding carboxylic acids is 1. The number of benzene rings is 2. The lowest BCUT2D eigenvalue weighted by Crippen LogP contribution is -2.08. The maximum atomic E-state index is 10.5. The zero-order valence-electron chi connectivity index (χ0n) is 10.3. The maximum Gasteiger partial charge on any atom is 0.229 e. The largest absolute Gasteiger partial charge is 0.457 e. The number of nitrogens with two attached hydrogens (primary N) is 1. The van der Waals surface area contributed by atoms with Crippen molar-refractivity contribution >= 4 is 5.91 Å². The average molecular weight is 251 g/mol. The highest BCUT2D eigenvalue weighted by atomic mass is 16.5. The van der Waals surface area contributed by atoms with E-state index in [-0.39, 0.29) is 6.42 Å². The number of carbonyl (C=O) groups is 1. The van der Waals surface area contributed by atoms with Crippen LogP contribution in [-0.4, -0.2) is 5.91 Å². The van der Waals surface area contributed by atoms with Crippen LogP contribution in [0.5, 0.6) is 11.5 Å². The average Bonchev–Trinajstić information content (AvgIpc) is 2.42. The number of hydrogen-bond donors (Lipinski definition) is 1. The Kier molecular flexibility index (Phi) is 4.20. The van der Waals surface area contributed by atoms with Crippen molar-refractivity contribution in [2.45, 2.75) is 6.42 Å². The molecular weight excluding hydrogens is 238 g/mol. The van der Waals surface area contributed by atoms with Gasteiger partial charge in [-0.25, -0.2) is 0 Å². The third-order valence-electron chi connectivity index (χ3n) is 2.33. The first-order valence-electron chi connectivity index (χ1n) is 5.84. The second-order valence-corrected chi connectivity index (χ2v) is 3.88. The second kappa shape index (κ2) is 6.27. The van der Waals surface area contributed by atoms with Crippen molar-refractivity contribution < 1.29 is 9.53 Å². The summed E-state index contributed by atoms with van der Waals surface area (Å²) in [6.07, 6.45) is 0.0717. The van der Waals surface area contributed by atoms with Crippen LogP contribution in [0.1, 0.15) is 12.0 Å². The first kappa shape index (κ1) is 12.7. The first-order valence-corrected chi connectivity index (χ1v) is 5.84. The Morgan fingerprint density at radius 2 is 1.63 bits per heavy atom. The second-order valence-electron chi connectivity index (χ2n) is 3.88. The molecule has 0 aromatic heterocycles. The molecule has 2 aromatic carbocycles. The van der Waals surface area contributed by atoms with Gasteiger partial charge in [-0.1, -0.05) is 30.0 Å². The predicted molar refractivity (Wildman–Crippen MR) is 73.6 cm³/mol. The van der Waals surface area contributed by atoms with Gasteiger partial charge in [-0.2, -0.15) is 0 Å². The van der Waals surface area contributed by atoms with E-state index in [0.29, 0.717) is 0 Å². The monoisotopic (exact) mass is 251 g/mol. The van der Waals surface area contributed by atoms with E-state index in [1.54, 1.807) is 0 Å². The Labute approximate surface area is 112 Å². The van der Waals surface area contributed by atoms with Gasteiger partial charge in [0, 0.05) is 5.56 Å². The summed E-state index contributed by atoms with van der Waals surface area (Å²) in [5, 5.41) is 0. The molecular formula is C16H13NO2. The van der Waals surface area contributed by atoms with E-state index in [1.807, 2.05) is 54.6 Å². The lowest BCUT2D eigenvalue weighted by Gasteiger charge is -2.04. The standard InChI is InChI=1S/C16H13NO2/c17-16(18)8-4-5-13-9-11-15(12-10-13)19-14-6-2-1-3-7-14/h1-3,6-7,9-12H,8H2,(H2,17,18). The van der Waals surface area contributed by atoms with E-state index in [1.165, 1.54) is 0 Å². The molecule has 2 rings (SSSR count). The molecule has 0 aliphatic rings. The molecule has 0 radical (unpaired) electrons. The van der Waals surface area contributed by atoms with Crippen LogP contribution in [0.4, 0.5) is 0 Å². The number of rotatable bonds is 3. The topological polar surface area (TPSA) is 52.3 Å². The van der Waals surface area contributed by atoms with Gasteiger partial charge in [0.2, 0.25) is 5.91 Å². The molecule has 3 nitrogen and oxygen atoms in total. The van der Waals surface area contributed by atoms with Crippen LogP contribution >= 0.6 is 0 Å². The van der Waals surface area contributed by atoms with Crippen molar-refractivity contribution in [1.29, 1.82) is 0 Å². The highest BCUT2D eigenvalue weighted by molar-refractivity contribution is 5.76. The van der Waals surface area contributed by atoms with Crippen molar-refractivity contribution in [3.05, 3.63) is 60.2 Å². The highest BCUT2D eigenvalue weighted by Gasteiger charge is 1.96. The van der Waals surface area contributed by atoms with Gasteiger partial charge in [-0.3, -0.25) is 4.79 Å². The summed E-state index contributed by atoms with van der Waals surface area (Å²) < 4.78 is 5.65. The molecule has 0 heterocycles. The van der Waals surface area contributed by atoms with Crippen molar-refractivity contribution in [1.82, 2.24) is 0 Å². The molecule has 0 aliphatic carbocycles. The number of primary amides is 1. The predicted octanol–water partition coefficient (Wildman–Crippen LogP) is 2.71. The summed E-state index contributed by atoms with van der Waals surface area (Å²) in [4.78, 5) is 10.5. The molecule has 0 fully saturated rings. The van der Waals surface area contributed by atoms with Crippen LogP contribution < -0.4 is 10.5 Å². The molecule has 0 saturated carbocycles. The van der Waals surface area contributed by atoms with E-state index in [9.17, 15) is 4.79 Å². The zero-order chi connectivity index (χ0) is 13.5. The van der Waals surface area contributed by atoms with Gasteiger partial charge in [0.15, 0.2) is 0 Å². The lowest BCUT2D eigenvalue weighted by atomic mass is 10.2. The minimum absolute atomic E-state index is 0.0717. The molecule has 0 saturated heterocycles. The van der Waals surface area contributed by atoms with Gasteiger partial charge in [0.05, 0.1) is 6.42 Å². The first-order chi connectivity index (χ1) is 9.24. The molecule has 0 aliphatic heterocycles. The van der Waals surface area contributed by atoms with Crippen LogP contribution in [-0.2, 0) is 4.79 Å². The third kappa shape index (κ3) is 4.21. The summed E-state index contributed by atoms with van der Waals surface area (Å²) in [6.45, 7) is 0. The summed E-state index contributed by atoms with van der Waals surface area (Å²) in [5.74, 6) is 6.68. The van der Waals surface area contributed by atoms with Gasteiger partial charge in [-0.15, -0.1) is 0 Å². The molecule has 3 heteroatoms. The minimum Gasteiger partial charge on any atom is -0.457 e. The number of para-hydroxylation sites is 1. The molecule has 94 valence electrons. The van der Waals surface area contributed by atoms with Gasteiger partial charge < -0.3 is 10.5 Å². The molecule has 1 amide bonds. The van der Waals surface area contributed by atoms with Gasteiger partial charge in [-0.05, 0) is 36.4 Å². The normalized spacial score (nSPS) is 9.26. The van der Waals surface area contributed by atoms with E-state index in [0.717, 1.165) is 17.1 Å². The van der Waals surface area contributed by atoms with Crippen molar-refractivity contribution in [2.24, 2.45) is 5.73 Å². The lowest BCUT2D eigenvalue weighted by molar-refractivity contribution is -0.117. The molecule has 0 atom stereocenters. The number of hydrogen-bond acceptors (Lipinski definition) is 2. The molecule has 0 unspecified atom stereocenters. The highest BCUT2D eigenvalue weighted by Crippen LogP contribution is 2.20. The van der Waals surface area contributed by atoms with Crippen molar-refractivity contribution in [3.8, 4) is 23.3 Å². The Morgan fingerprint density at radius 3 is 2.26 bits per heavy atom. The summed E-state index contributed by atoms with van der Waals surface area (Å²) >= 11 is 0. The van der Waals surface area contributed by atoms with Crippen LogP contribution in [0.3, 0.4) is 0 Å². The Morgan fingerprint density at radius 1 is 1.00 bits per heavy atom. The fourth-order valence-corrected chi connectivity index (χ4v) is 1.46. The molecule has 19 heavy (non-hydrogen) atoms. The van der Waals surface area contributed by atoms with Crippen LogP contribution in [0.15, 0.2) is 54.6 Å². The molecule has 0 spiro atoms. The number of amides is 1. The summed E-state index contributed by atoms with van der Waals surface area (Å²) in [6, 6.07) is 16.9. The van der Waals surface area contributed by atoms with E-state index >= 15 is 0 Å². The fourth-order valence-electron chi connectivity index (χ4n) is 1.46.